The number of nitrogens with zero attached hydrogens (tertiary/aromatic N) is 1. The number of sulfone groups is 1. The van der Waals surface area contributed by atoms with Gasteiger partial charge in [-0.25, -0.2) is 8.42 Å². The smallest absolute Gasteiger partial charge is 0.191 e. The van der Waals surface area contributed by atoms with Crippen molar-refractivity contribution in [3.8, 4) is 0 Å². The molecule has 0 aromatic heterocycles. The summed E-state index contributed by atoms with van der Waals surface area (Å²) in [4.78, 5) is 4.54. The van der Waals surface area contributed by atoms with Crippen LogP contribution in [0.25, 0.3) is 0 Å². The van der Waals surface area contributed by atoms with E-state index in [9.17, 15) is 8.42 Å². The molecule has 1 unspecified atom stereocenters. The molecule has 0 bridgehead atoms. The first-order valence-corrected chi connectivity index (χ1v) is 10.8. The second-order valence-electron chi connectivity index (χ2n) is 6.24. The van der Waals surface area contributed by atoms with Crippen LogP contribution in [-0.2, 0) is 21.2 Å². The highest BCUT2D eigenvalue weighted by molar-refractivity contribution is 14.0. The number of ether oxygens (including phenoxy) is 1. The van der Waals surface area contributed by atoms with Crippen LogP contribution >= 0.6 is 24.0 Å². The molecule has 0 radical (unpaired) electrons. The Balaban J connectivity index is 0.00000625. The molecular formula is C18H32IN3O3S. The number of hydrogen-bond donors (Lipinski definition) is 2. The molecule has 0 amide bonds. The van der Waals surface area contributed by atoms with Gasteiger partial charge in [-0.3, -0.25) is 4.99 Å². The lowest BCUT2D eigenvalue weighted by molar-refractivity contribution is 0.0945. The summed E-state index contributed by atoms with van der Waals surface area (Å²) >= 11 is 0. The second-order valence-corrected chi connectivity index (χ2v) is 8.50. The first-order chi connectivity index (χ1) is 11.9. The summed E-state index contributed by atoms with van der Waals surface area (Å²) in [7, 11) is -2.91. The number of hydrogen-bond acceptors (Lipinski definition) is 4. The summed E-state index contributed by atoms with van der Waals surface area (Å²) in [6, 6.07) is 10.1. The van der Waals surface area contributed by atoms with Gasteiger partial charge in [0, 0.05) is 25.9 Å². The highest BCUT2D eigenvalue weighted by Gasteiger charge is 2.05. The maximum absolute atomic E-state index is 11.1. The molecule has 2 N–H and O–H groups in total. The van der Waals surface area contributed by atoms with E-state index in [1.165, 1.54) is 11.8 Å². The fraction of sp³-hybridized carbons (Fsp3) is 0.611. The van der Waals surface area contributed by atoms with Crippen LogP contribution in [0, 0.1) is 5.92 Å². The Hall–Kier alpha value is -0.870. The SMILES string of the molecule is CCNC(=NCC(C)COCc1ccccc1)NCCCS(C)(=O)=O.I. The third-order valence-electron chi connectivity index (χ3n) is 3.40. The minimum atomic E-state index is -2.91. The number of benzene rings is 1. The lowest BCUT2D eigenvalue weighted by atomic mass is 10.2. The molecule has 26 heavy (non-hydrogen) atoms. The Labute approximate surface area is 175 Å². The zero-order valence-electron chi connectivity index (χ0n) is 15.9. The quantitative estimate of drug-likeness (QED) is 0.213. The predicted octanol–water partition coefficient (Wildman–Crippen LogP) is 2.45. The molecule has 8 heteroatoms. The lowest BCUT2D eigenvalue weighted by Crippen LogP contribution is -2.38. The van der Waals surface area contributed by atoms with Crippen molar-refractivity contribution in [2.45, 2.75) is 26.9 Å². The van der Waals surface area contributed by atoms with Crippen LogP contribution in [0.3, 0.4) is 0 Å². The Morgan fingerprint density at radius 1 is 1.23 bits per heavy atom. The van der Waals surface area contributed by atoms with Gasteiger partial charge < -0.3 is 15.4 Å². The average molecular weight is 497 g/mol. The molecule has 0 aliphatic heterocycles. The van der Waals surface area contributed by atoms with Gasteiger partial charge in [0.25, 0.3) is 0 Å². The molecule has 0 saturated carbocycles. The summed E-state index contributed by atoms with van der Waals surface area (Å²) in [5.74, 6) is 1.20. The topological polar surface area (TPSA) is 79.8 Å². The first kappa shape index (κ1) is 25.1. The van der Waals surface area contributed by atoms with Gasteiger partial charge in [-0.05, 0) is 24.8 Å². The van der Waals surface area contributed by atoms with Gasteiger partial charge in [0.15, 0.2) is 5.96 Å². The third-order valence-corrected chi connectivity index (χ3v) is 4.43. The molecular weight excluding hydrogens is 465 g/mol. The second kappa shape index (κ2) is 14.2. The number of aliphatic imine (C=N–C) groups is 1. The maximum Gasteiger partial charge on any atom is 0.191 e. The van der Waals surface area contributed by atoms with Crippen molar-refractivity contribution in [3.05, 3.63) is 35.9 Å². The van der Waals surface area contributed by atoms with Gasteiger partial charge in [-0.2, -0.15) is 0 Å². The molecule has 1 aromatic carbocycles. The molecule has 0 spiro atoms. The van der Waals surface area contributed by atoms with Crippen LogP contribution in [0.15, 0.2) is 35.3 Å². The fourth-order valence-electron chi connectivity index (χ4n) is 2.13. The van der Waals surface area contributed by atoms with Crippen molar-refractivity contribution >= 4 is 39.8 Å². The summed E-state index contributed by atoms with van der Waals surface area (Å²) < 4.78 is 28.0. The van der Waals surface area contributed by atoms with Gasteiger partial charge in [-0.1, -0.05) is 37.3 Å². The molecule has 6 nitrogen and oxygen atoms in total. The average Bonchev–Trinajstić information content (AvgIpc) is 2.56. The zero-order chi connectivity index (χ0) is 18.5. The van der Waals surface area contributed by atoms with Crippen LogP contribution in [0.4, 0.5) is 0 Å². The predicted molar refractivity (Wildman–Crippen MR) is 119 cm³/mol. The Bertz CT molecular complexity index is 609. The Kier molecular flexibility index (Phi) is 13.7. The largest absolute Gasteiger partial charge is 0.376 e. The Morgan fingerprint density at radius 3 is 2.54 bits per heavy atom. The molecule has 1 atom stereocenters. The molecule has 0 saturated heterocycles. The number of nitrogens with one attached hydrogen (secondary N) is 2. The molecule has 150 valence electrons. The zero-order valence-corrected chi connectivity index (χ0v) is 19.0. The monoisotopic (exact) mass is 497 g/mol. The van der Waals surface area contributed by atoms with E-state index >= 15 is 0 Å². The number of halogens is 1. The van der Waals surface area contributed by atoms with Crippen LogP contribution in [0.2, 0.25) is 0 Å². The third kappa shape index (κ3) is 13.3. The van der Waals surface area contributed by atoms with Crippen LogP contribution in [0.1, 0.15) is 25.8 Å². The van der Waals surface area contributed by atoms with E-state index in [0.717, 1.165) is 6.54 Å². The van der Waals surface area contributed by atoms with E-state index in [-0.39, 0.29) is 29.7 Å². The van der Waals surface area contributed by atoms with E-state index in [1.807, 2.05) is 37.3 Å². The van der Waals surface area contributed by atoms with Crippen LogP contribution in [-0.4, -0.2) is 52.6 Å². The number of rotatable bonds is 11. The summed E-state index contributed by atoms with van der Waals surface area (Å²) in [5, 5.41) is 6.33. The summed E-state index contributed by atoms with van der Waals surface area (Å²) in [6.07, 6.45) is 1.82. The normalized spacial score (nSPS) is 13.0. The van der Waals surface area contributed by atoms with Gasteiger partial charge in [0.2, 0.25) is 0 Å². The highest BCUT2D eigenvalue weighted by atomic mass is 127. The Morgan fingerprint density at radius 2 is 1.92 bits per heavy atom. The van der Waals surface area contributed by atoms with E-state index < -0.39 is 9.84 Å². The molecule has 0 fully saturated rings. The molecule has 0 aliphatic rings. The van der Waals surface area contributed by atoms with E-state index in [4.69, 9.17) is 4.74 Å². The van der Waals surface area contributed by atoms with Crippen molar-refractivity contribution < 1.29 is 13.2 Å². The van der Waals surface area contributed by atoms with Crippen molar-refractivity contribution in [2.24, 2.45) is 10.9 Å². The first-order valence-electron chi connectivity index (χ1n) is 8.72. The van der Waals surface area contributed by atoms with E-state index in [0.29, 0.717) is 44.6 Å². The van der Waals surface area contributed by atoms with Gasteiger partial charge in [0.1, 0.15) is 9.84 Å². The minimum absolute atomic E-state index is 0. The standard InChI is InChI=1S/C18H31N3O3S.HI/c1-4-19-18(20-11-8-12-25(3,22)23)21-13-16(2)14-24-15-17-9-6-5-7-10-17;/h5-7,9-10,16H,4,8,11-15H2,1-3H3,(H2,19,20,21);1H. The van der Waals surface area contributed by atoms with Crippen LogP contribution < -0.4 is 10.6 Å². The van der Waals surface area contributed by atoms with Gasteiger partial charge in [0.05, 0.1) is 19.0 Å². The van der Waals surface area contributed by atoms with Crippen molar-refractivity contribution in [1.82, 2.24) is 10.6 Å². The molecule has 1 aromatic rings. The van der Waals surface area contributed by atoms with Gasteiger partial charge in [-0.15, -0.1) is 24.0 Å². The van der Waals surface area contributed by atoms with E-state index in [2.05, 4.69) is 22.5 Å². The molecule has 0 heterocycles. The highest BCUT2D eigenvalue weighted by Crippen LogP contribution is 2.03. The molecule has 0 aliphatic carbocycles. The lowest BCUT2D eigenvalue weighted by Gasteiger charge is -2.14. The summed E-state index contributed by atoms with van der Waals surface area (Å²) in [5.41, 5.74) is 1.17. The molecule has 1 rings (SSSR count). The van der Waals surface area contributed by atoms with Gasteiger partial charge >= 0.3 is 0 Å². The van der Waals surface area contributed by atoms with Crippen molar-refractivity contribution in [1.29, 1.82) is 0 Å². The van der Waals surface area contributed by atoms with E-state index in [1.54, 1.807) is 0 Å². The summed E-state index contributed by atoms with van der Waals surface area (Å²) in [6.45, 7) is 7.34. The minimum Gasteiger partial charge on any atom is -0.376 e. The number of guanidine groups is 1. The van der Waals surface area contributed by atoms with Crippen molar-refractivity contribution in [3.63, 3.8) is 0 Å². The van der Waals surface area contributed by atoms with Crippen LogP contribution in [0.5, 0.6) is 0 Å². The fourth-order valence-corrected chi connectivity index (χ4v) is 2.80. The maximum atomic E-state index is 11.1. The van der Waals surface area contributed by atoms with Crippen molar-refractivity contribution in [2.75, 3.05) is 38.2 Å².